The van der Waals surface area contributed by atoms with Crippen molar-refractivity contribution in [3.8, 4) is 0 Å². The third-order valence-electron chi connectivity index (χ3n) is 9.04. The van der Waals surface area contributed by atoms with Gasteiger partial charge >= 0.3 is 0 Å². The first-order valence-electron chi connectivity index (χ1n) is 19.0. The van der Waals surface area contributed by atoms with Crippen molar-refractivity contribution in [3.05, 3.63) is 96.1 Å². The van der Waals surface area contributed by atoms with Crippen LogP contribution in [0.5, 0.6) is 0 Å². The zero-order chi connectivity index (χ0) is 35.1. The molecule has 2 amide bonds. The van der Waals surface area contributed by atoms with E-state index in [0.29, 0.717) is 26.2 Å². The van der Waals surface area contributed by atoms with Gasteiger partial charge in [-0.05, 0) is 67.5 Å². The highest BCUT2D eigenvalue weighted by Crippen LogP contribution is 2.19. The molecule has 2 aromatic rings. The number of anilines is 2. The Kier molecular flexibility index (Phi) is 18.7. The van der Waals surface area contributed by atoms with E-state index in [9.17, 15) is 9.59 Å². The van der Waals surface area contributed by atoms with Crippen molar-refractivity contribution in [2.45, 2.75) is 85.5 Å². The lowest BCUT2D eigenvalue weighted by Crippen LogP contribution is -2.36. The van der Waals surface area contributed by atoms with Crippen LogP contribution in [-0.2, 0) is 9.59 Å². The molecule has 1 aliphatic heterocycles. The summed E-state index contributed by atoms with van der Waals surface area (Å²) in [6, 6.07) is 17.4. The van der Waals surface area contributed by atoms with Gasteiger partial charge in [0.15, 0.2) is 0 Å². The van der Waals surface area contributed by atoms with E-state index in [-0.39, 0.29) is 11.8 Å². The lowest BCUT2D eigenvalue weighted by atomic mass is 10.1. The highest BCUT2D eigenvalue weighted by atomic mass is 16.2. The molecule has 1 saturated heterocycles. The summed E-state index contributed by atoms with van der Waals surface area (Å²) in [5.74, 6) is -0.0275. The molecule has 266 valence electrons. The van der Waals surface area contributed by atoms with E-state index < -0.39 is 0 Å². The summed E-state index contributed by atoms with van der Waals surface area (Å²) in [6.45, 7) is 15.7. The number of amides is 2. The Morgan fingerprint density at radius 2 is 0.878 bits per heavy atom. The summed E-state index contributed by atoms with van der Waals surface area (Å²) >= 11 is 0. The fraction of sp³-hybridized carbons (Fsp3) is 0.488. The van der Waals surface area contributed by atoms with Crippen molar-refractivity contribution in [3.63, 3.8) is 0 Å². The van der Waals surface area contributed by atoms with Gasteiger partial charge in [-0.3, -0.25) is 9.59 Å². The van der Waals surface area contributed by atoms with Gasteiger partial charge < -0.3 is 19.6 Å². The molecular weight excluding hydrogens is 604 g/mol. The molecule has 0 unspecified atom stereocenters. The normalized spacial score (nSPS) is 14.0. The number of unbranched alkanes of at least 4 members (excludes halogenated alkanes) is 4. The predicted octanol–water partition coefficient (Wildman–Crippen LogP) is 9.40. The Balaban J connectivity index is 1.44. The van der Waals surface area contributed by atoms with Gasteiger partial charge in [-0.25, -0.2) is 0 Å². The van der Waals surface area contributed by atoms with Crippen molar-refractivity contribution in [1.29, 1.82) is 0 Å². The van der Waals surface area contributed by atoms with Crippen LogP contribution in [0.15, 0.2) is 85.0 Å². The molecule has 0 bridgehead atoms. The summed E-state index contributed by atoms with van der Waals surface area (Å²) < 4.78 is 0. The minimum absolute atomic E-state index is 0.0138. The molecule has 1 aliphatic rings. The van der Waals surface area contributed by atoms with Crippen molar-refractivity contribution in [2.24, 2.45) is 0 Å². The fourth-order valence-corrected chi connectivity index (χ4v) is 5.91. The average molecular weight is 667 g/mol. The Morgan fingerprint density at radius 3 is 1.20 bits per heavy atom. The van der Waals surface area contributed by atoms with Crippen LogP contribution in [0.2, 0.25) is 0 Å². The predicted molar refractivity (Wildman–Crippen MR) is 211 cm³/mol. The minimum Gasteiger partial charge on any atom is -0.372 e. The van der Waals surface area contributed by atoms with Gasteiger partial charge in [-0.2, -0.15) is 0 Å². The summed E-state index contributed by atoms with van der Waals surface area (Å²) in [4.78, 5) is 34.4. The highest BCUT2D eigenvalue weighted by molar-refractivity contribution is 5.89. The van der Waals surface area contributed by atoms with Crippen molar-refractivity contribution in [2.75, 3.05) is 62.2 Å². The summed E-state index contributed by atoms with van der Waals surface area (Å²) in [5, 5.41) is 0. The van der Waals surface area contributed by atoms with Crippen molar-refractivity contribution < 1.29 is 9.59 Å². The Bertz CT molecular complexity index is 1220. The molecule has 0 saturated carbocycles. The molecule has 0 radical (unpaired) electrons. The average Bonchev–Trinajstić information content (AvgIpc) is 3.39. The van der Waals surface area contributed by atoms with Crippen LogP contribution in [0.3, 0.4) is 0 Å². The third-order valence-corrected chi connectivity index (χ3v) is 9.04. The summed E-state index contributed by atoms with van der Waals surface area (Å²) in [7, 11) is 0. The van der Waals surface area contributed by atoms with E-state index >= 15 is 0 Å². The Hall–Kier alpha value is -4.06. The molecule has 0 aliphatic carbocycles. The van der Waals surface area contributed by atoms with Crippen LogP contribution in [0.1, 0.15) is 96.6 Å². The zero-order valence-electron chi connectivity index (χ0n) is 30.9. The molecule has 6 nitrogen and oxygen atoms in total. The maximum Gasteiger partial charge on any atom is 0.246 e. The number of hydrogen-bond donors (Lipinski definition) is 0. The van der Waals surface area contributed by atoms with Crippen LogP contribution in [-0.4, -0.2) is 74.0 Å². The summed E-state index contributed by atoms with van der Waals surface area (Å²) in [5.41, 5.74) is 4.78. The standard InChI is InChI=1S/C43H62N4O2/c1-5-9-30-44(31-10-6-2)40-26-22-38(23-27-40)18-13-15-20-42(48)46-34-17-35-47(37-36-46)43(49)21-16-14-19-39-24-28-41(29-25-39)45(32-11-7-3)33-12-8-4/h13-16,18-29H,5-12,17,30-37H2,1-4H3/b18-13+,19-14+,20-15+,21-16+. The quantitative estimate of drug-likeness (QED) is 0.104. The Labute approximate surface area is 297 Å². The largest absolute Gasteiger partial charge is 0.372 e. The number of carbonyl (C=O) groups excluding carboxylic acids is 2. The number of hydrogen-bond acceptors (Lipinski definition) is 4. The maximum atomic E-state index is 12.9. The molecule has 0 spiro atoms. The van der Waals surface area contributed by atoms with Gasteiger partial charge in [0.05, 0.1) is 0 Å². The second-order valence-electron chi connectivity index (χ2n) is 13.0. The van der Waals surface area contributed by atoms with E-state index in [1.807, 2.05) is 46.3 Å². The SMILES string of the molecule is CCCCN(CCCC)c1ccc(/C=C/C=C/C(=O)N2CCCN(C(=O)/C=C/C=C/c3ccc(N(CCCC)CCCC)cc3)CC2)cc1. The molecule has 0 N–H and O–H groups in total. The van der Waals surface area contributed by atoms with E-state index in [4.69, 9.17) is 0 Å². The molecule has 0 aromatic heterocycles. The molecule has 0 atom stereocenters. The van der Waals surface area contributed by atoms with E-state index in [1.54, 1.807) is 12.2 Å². The topological polar surface area (TPSA) is 47.1 Å². The number of carbonyl (C=O) groups is 2. The minimum atomic E-state index is -0.0138. The van der Waals surface area contributed by atoms with E-state index in [0.717, 1.165) is 43.7 Å². The molecule has 2 aromatic carbocycles. The van der Waals surface area contributed by atoms with Gasteiger partial charge in [0, 0.05) is 75.9 Å². The van der Waals surface area contributed by atoms with Crippen LogP contribution < -0.4 is 9.80 Å². The lowest BCUT2D eigenvalue weighted by Gasteiger charge is -2.24. The van der Waals surface area contributed by atoms with Gasteiger partial charge in [-0.15, -0.1) is 0 Å². The first kappa shape index (κ1) is 39.4. The number of rotatable bonds is 20. The van der Waals surface area contributed by atoms with Gasteiger partial charge in [0.1, 0.15) is 0 Å². The van der Waals surface area contributed by atoms with Gasteiger partial charge in [0.2, 0.25) is 11.8 Å². The molecule has 3 rings (SSSR count). The molecule has 49 heavy (non-hydrogen) atoms. The number of nitrogens with zero attached hydrogens (tertiary/aromatic N) is 4. The molecular formula is C43H62N4O2. The first-order valence-corrected chi connectivity index (χ1v) is 19.0. The lowest BCUT2D eigenvalue weighted by molar-refractivity contribution is -0.128. The molecule has 1 heterocycles. The maximum absolute atomic E-state index is 12.9. The van der Waals surface area contributed by atoms with E-state index in [1.165, 1.54) is 62.7 Å². The molecule has 1 fully saturated rings. The monoisotopic (exact) mass is 666 g/mol. The zero-order valence-corrected chi connectivity index (χ0v) is 30.9. The second kappa shape index (κ2) is 23.3. The molecule has 6 heteroatoms. The number of allylic oxidation sites excluding steroid dienone is 4. The van der Waals surface area contributed by atoms with Crippen LogP contribution in [0.25, 0.3) is 12.2 Å². The smallest absolute Gasteiger partial charge is 0.246 e. The number of benzene rings is 2. The third kappa shape index (κ3) is 14.5. The van der Waals surface area contributed by atoms with Crippen LogP contribution in [0, 0.1) is 0 Å². The van der Waals surface area contributed by atoms with Crippen LogP contribution in [0.4, 0.5) is 11.4 Å². The summed E-state index contributed by atoms with van der Waals surface area (Å²) in [6.07, 6.45) is 25.2. The van der Waals surface area contributed by atoms with Crippen LogP contribution >= 0.6 is 0 Å². The second-order valence-corrected chi connectivity index (χ2v) is 13.0. The fourth-order valence-electron chi connectivity index (χ4n) is 5.91. The first-order chi connectivity index (χ1) is 24.0. The van der Waals surface area contributed by atoms with Gasteiger partial charge in [0.25, 0.3) is 0 Å². The van der Waals surface area contributed by atoms with E-state index in [2.05, 4.69) is 86.0 Å². The Morgan fingerprint density at radius 1 is 0.531 bits per heavy atom. The van der Waals surface area contributed by atoms with Gasteiger partial charge in [-0.1, -0.05) is 114 Å². The highest BCUT2D eigenvalue weighted by Gasteiger charge is 2.19. The van der Waals surface area contributed by atoms with Crippen molar-refractivity contribution >= 4 is 35.3 Å². The van der Waals surface area contributed by atoms with Crippen molar-refractivity contribution in [1.82, 2.24) is 9.80 Å².